The van der Waals surface area contributed by atoms with Gasteiger partial charge >= 0.3 is 0 Å². The predicted octanol–water partition coefficient (Wildman–Crippen LogP) is 2.98. The van der Waals surface area contributed by atoms with Gasteiger partial charge < -0.3 is 10.0 Å². The number of rotatable bonds is 6. The lowest BCUT2D eigenvalue weighted by Gasteiger charge is -2.31. The molecule has 1 aliphatic rings. The summed E-state index contributed by atoms with van der Waals surface area (Å²) in [5, 5.41) is 22.4. The molecule has 1 unspecified atom stereocenters. The number of para-hydroxylation sites is 1. The average molecular weight is 355 g/mol. The van der Waals surface area contributed by atoms with Crippen molar-refractivity contribution in [2.75, 3.05) is 31.6 Å². The van der Waals surface area contributed by atoms with Gasteiger partial charge in [-0.3, -0.25) is 15.0 Å². The van der Waals surface area contributed by atoms with Crippen molar-refractivity contribution in [3.63, 3.8) is 0 Å². The van der Waals surface area contributed by atoms with Crippen LogP contribution in [0, 0.1) is 17.0 Å². The molecular weight excluding hydrogens is 330 g/mol. The van der Waals surface area contributed by atoms with Crippen molar-refractivity contribution in [2.45, 2.75) is 25.5 Å². The fraction of sp³-hybridized carbons (Fsp3) is 0.400. The molecule has 1 saturated heterocycles. The summed E-state index contributed by atoms with van der Waals surface area (Å²) in [6.45, 7) is 4.40. The SMILES string of the molecule is Cc1cccc([N+](=O)[O-])c1N(C)CC1(O)CCN(Cc2ccccc2)C1. The van der Waals surface area contributed by atoms with Crippen LogP contribution in [-0.4, -0.2) is 47.2 Å². The Morgan fingerprint density at radius 2 is 1.96 bits per heavy atom. The lowest BCUT2D eigenvalue weighted by molar-refractivity contribution is -0.384. The molecule has 26 heavy (non-hydrogen) atoms. The lowest BCUT2D eigenvalue weighted by Crippen LogP contribution is -2.44. The van der Waals surface area contributed by atoms with Gasteiger partial charge in [-0.05, 0) is 24.5 Å². The van der Waals surface area contributed by atoms with Crippen LogP contribution in [0.25, 0.3) is 0 Å². The Balaban J connectivity index is 1.70. The molecule has 0 bridgehead atoms. The number of hydrogen-bond acceptors (Lipinski definition) is 5. The highest BCUT2D eigenvalue weighted by Gasteiger charge is 2.38. The monoisotopic (exact) mass is 355 g/mol. The number of likely N-dealkylation sites (tertiary alicyclic amines) is 1. The minimum absolute atomic E-state index is 0.0789. The first-order valence-electron chi connectivity index (χ1n) is 8.82. The van der Waals surface area contributed by atoms with Gasteiger partial charge in [-0.15, -0.1) is 0 Å². The first-order chi connectivity index (χ1) is 12.4. The van der Waals surface area contributed by atoms with Gasteiger partial charge in [0.05, 0.1) is 10.5 Å². The van der Waals surface area contributed by atoms with Crippen LogP contribution in [0.15, 0.2) is 48.5 Å². The minimum Gasteiger partial charge on any atom is -0.387 e. The molecule has 1 aliphatic heterocycles. The topological polar surface area (TPSA) is 69.8 Å². The Labute approximate surface area is 153 Å². The molecule has 1 N–H and O–H groups in total. The first-order valence-corrected chi connectivity index (χ1v) is 8.82. The first kappa shape index (κ1) is 18.4. The van der Waals surface area contributed by atoms with E-state index in [1.807, 2.05) is 43.1 Å². The molecule has 0 spiro atoms. The summed E-state index contributed by atoms with van der Waals surface area (Å²) in [4.78, 5) is 15.0. The third-order valence-corrected chi connectivity index (χ3v) is 4.99. The largest absolute Gasteiger partial charge is 0.387 e. The second kappa shape index (κ2) is 7.43. The van der Waals surface area contributed by atoms with Crippen LogP contribution in [0.5, 0.6) is 0 Å². The number of benzene rings is 2. The maximum absolute atomic E-state index is 11.4. The van der Waals surface area contributed by atoms with E-state index in [-0.39, 0.29) is 10.6 Å². The van der Waals surface area contributed by atoms with E-state index in [0.717, 1.165) is 18.7 Å². The summed E-state index contributed by atoms with van der Waals surface area (Å²) >= 11 is 0. The van der Waals surface area contributed by atoms with E-state index in [2.05, 4.69) is 17.0 Å². The van der Waals surface area contributed by atoms with E-state index in [0.29, 0.717) is 25.2 Å². The molecule has 2 aromatic rings. The van der Waals surface area contributed by atoms with Crippen LogP contribution >= 0.6 is 0 Å². The fourth-order valence-corrected chi connectivity index (χ4v) is 3.85. The Morgan fingerprint density at radius 3 is 2.65 bits per heavy atom. The number of aryl methyl sites for hydroxylation is 1. The van der Waals surface area contributed by atoms with Gasteiger partial charge in [0.2, 0.25) is 0 Å². The van der Waals surface area contributed by atoms with Gasteiger partial charge in [0.25, 0.3) is 5.69 Å². The number of nitro benzene ring substituents is 1. The van der Waals surface area contributed by atoms with Crippen molar-refractivity contribution in [1.82, 2.24) is 4.90 Å². The Kier molecular flexibility index (Phi) is 5.25. The van der Waals surface area contributed by atoms with E-state index in [1.54, 1.807) is 6.07 Å². The van der Waals surface area contributed by atoms with Crippen LogP contribution in [0.3, 0.4) is 0 Å². The highest BCUT2D eigenvalue weighted by Crippen LogP contribution is 2.33. The number of hydrogen-bond donors (Lipinski definition) is 1. The number of nitrogens with zero attached hydrogens (tertiary/aromatic N) is 3. The zero-order valence-corrected chi connectivity index (χ0v) is 15.3. The third kappa shape index (κ3) is 4.03. The number of nitro groups is 1. The molecule has 0 aromatic heterocycles. The van der Waals surface area contributed by atoms with Gasteiger partial charge in [-0.1, -0.05) is 42.5 Å². The van der Waals surface area contributed by atoms with E-state index < -0.39 is 5.60 Å². The molecule has 6 heteroatoms. The minimum atomic E-state index is -0.875. The molecule has 1 heterocycles. The summed E-state index contributed by atoms with van der Waals surface area (Å²) in [6, 6.07) is 15.3. The molecule has 3 rings (SSSR count). The third-order valence-electron chi connectivity index (χ3n) is 4.99. The number of likely N-dealkylation sites (N-methyl/N-ethyl adjacent to an activating group) is 1. The molecule has 0 amide bonds. The molecule has 1 atom stereocenters. The smallest absolute Gasteiger partial charge is 0.292 e. The second-order valence-electron chi connectivity index (χ2n) is 7.23. The molecule has 0 saturated carbocycles. The normalized spacial score (nSPS) is 20.3. The number of β-amino-alcohol motifs (C(OH)–C–C–N with tert-alkyl or cyclic N) is 1. The maximum atomic E-state index is 11.4. The summed E-state index contributed by atoms with van der Waals surface area (Å²) in [7, 11) is 1.81. The van der Waals surface area contributed by atoms with Gasteiger partial charge in [-0.25, -0.2) is 0 Å². The highest BCUT2D eigenvalue weighted by atomic mass is 16.6. The second-order valence-corrected chi connectivity index (χ2v) is 7.23. The maximum Gasteiger partial charge on any atom is 0.292 e. The van der Waals surface area contributed by atoms with Gasteiger partial charge in [-0.2, -0.15) is 0 Å². The molecule has 0 radical (unpaired) electrons. The Hall–Kier alpha value is -2.44. The molecule has 1 fully saturated rings. The standard InChI is InChI=1S/C20H25N3O3/c1-16-7-6-10-18(23(25)26)19(16)21(2)14-20(24)11-12-22(15-20)13-17-8-4-3-5-9-17/h3-10,24H,11-15H2,1-2H3. The van der Waals surface area contributed by atoms with Crippen molar-refractivity contribution < 1.29 is 10.0 Å². The zero-order valence-electron chi connectivity index (χ0n) is 15.3. The predicted molar refractivity (Wildman–Crippen MR) is 102 cm³/mol. The summed E-state index contributed by atoms with van der Waals surface area (Å²) in [5.74, 6) is 0. The van der Waals surface area contributed by atoms with Crippen molar-refractivity contribution in [2.24, 2.45) is 0 Å². The van der Waals surface area contributed by atoms with Crippen LogP contribution in [0.1, 0.15) is 17.5 Å². The van der Waals surface area contributed by atoms with Crippen LogP contribution in [0.4, 0.5) is 11.4 Å². The van der Waals surface area contributed by atoms with Crippen molar-refractivity contribution in [3.8, 4) is 0 Å². The molecule has 0 aliphatic carbocycles. The zero-order chi connectivity index (χ0) is 18.7. The highest BCUT2D eigenvalue weighted by molar-refractivity contribution is 5.67. The van der Waals surface area contributed by atoms with Crippen molar-refractivity contribution in [3.05, 3.63) is 69.8 Å². The Bertz CT molecular complexity index is 781. The van der Waals surface area contributed by atoms with E-state index in [1.165, 1.54) is 11.6 Å². The Morgan fingerprint density at radius 1 is 1.23 bits per heavy atom. The van der Waals surface area contributed by atoms with Gasteiger partial charge in [0, 0.05) is 39.3 Å². The number of anilines is 1. The average Bonchev–Trinajstić information content (AvgIpc) is 2.95. The molecule has 6 nitrogen and oxygen atoms in total. The summed E-state index contributed by atoms with van der Waals surface area (Å²) < 4.78 is 0. The van der Waals surface area contributed by atoms with E-state index >= 15 is 0 Å². The number of aliphatic hydroxyl groups is 1. The van der Waals surface area contributed by atoms with Crippen molar-refractivity contribution in [1.29, 1.82) is 0 Å². The van der Waals surface area contributed by atoms with Crippen molar-refractivity contribution >= 4 is 11.4 Å². The summed E-state index contributed by atoms with van der Waals surface area (Å²) in [5.41, 5.74) is 1.84. The molecule has 2 aromatic carbocycles. The van der Waals surface area contributed by atoms with E-state index in [9.17, 15) is 15.2 Å². The fourth-order valence-electron chi connectivity index (χ4n) is 3.85. The van der Waals surface area contributed by atoms with Crippen LogP contribution in [0.2, 0.25) is 0 Å². The van der Waals surface area contributed by atoms with E-state index in [4.69, 9.17) is 0 Å². The molecular formula is C20H25N3O3. The van der Waals surface area contributed by atoms with Gasteiger partial charge in [0.15, 0.2) is 0 Å². The lowest BCUT2D eigenvalue weighted by atomic mass is 10.0. The van der Waals surface area contributed by atoms with Crippen LogP contribution < -0.4 is 4.90 Å². The molecule has 138 valence electrons. The summed E-state index contributed by atoms with van der Waals surface area (Å²) in [6.07, 6.45) is 0.657. The van der Waals surface area contributed by atoms with Crippen LogP contribution in [-0.2, 0) is 6.54 Å². The quantitative estimate of drug-likeness (QED) is 0.637. The van der Waals surface area contributed by atoms with Gasteiger partial charge in [0.1, 0.15) is 5.69 Å².